The summed E-state index contributed by atoms with van der Waals surface area (Å²) in [6.45, 7) is 1.85. The highest BCUT2D eigenvalue weighted by Crippen LogP contribution is 2.38. The second-order valence-electron chi connectivity index (χ2n) is 4.79. The van der Waals surface area contributed by atoms with E-state index in [1.807, 2.05) is 0 Å². The Morgan fingerprint density at radius 2 is 2.14 bits per heavy atom. The van der Waals surface area contributed by atoms with Crippen LogP contribution in [0.3, 0.4) is 0 Å². The van der Waals surface area contributed by atoms with Gasteiger partial charge in [-0.1, -0.05) is 5.16 Å². The minimum Gasteiger partial charge on any atom is -0.351 e. The first-order valence-electron chi connectivity index (χ1n) is 5.89. The zero-order chi connectivity index (χ0) is 15.7. The Morgan fingerprint density at radius 1 is 1.43 bits per heavy atom. The Kier molecular flexibility index (Phi) is 3.71. The molecular formula is C11H12F3N5O2. The minimum atomic E-state index is -4.48. The highest BCUT2D eigenvalue weighted by molar-refractivity contribution is 5.91. The van der Waals surface area contributed by atoms with Crippen molar-refractivity contribution in [1.82, 2.24) is 25.7 Å². The van der Waals surface area contributed by atoms with Crippen molar-refractivity contribution < 1.29 is 22.5 Å². The Balaban J connectivity index is 2.03. The fourth-order valence-corrected chi connectivity index (χ4v) is 1.36. The van der Waals surface area contributed by atoms with Crippen LogP contribution in [0.15, 0.2) is 16.8 Å². The first kappa shape index (κ1) is 15.0. The predicted octanol–water partition coefficient (Wildman–Crippen LogP) is 1.56. The number of alkyl halides is 3. The van der Waals surface area contributed by atoms with Gasteiger partial charge in [-0.05, 0) is 13.8 Å². The molecule has 0 aliphatic carbocycles. The van der Waals surface area contributed by atoms with Gasteiger partial charge < -0.3 is 9.84 Å². The van der Waals surface area contributed by atoms with Crippen LogP contribution in [0.1, 0.15) is 36.1 Å². The predicted molar refractivity (Wildman–Crippen MR) is 63.1 cm³/mol. The van der Waals surface area contributed by atoms with Gasteiger partial charge in [0.05, 0.1) is 12.7 Å². The third-order valence-corrected chi connectivity index (χ3v) is 2.88. The monoisotopic (exact) mass is 303 g/mol. The Hall–Kier alpha value is -2.39. The van der Waals surface area contributed by atoms with Crippen LogP contribution in [-0.4, -0.2) is 32.4 Å². The van der Waals surface area contributed by atoms with Crippen LogP contribution in [-0.2, 0) is 12.0 Å². The number of hydrogen-bond donors (Lipinski definition) is 2. The molecule has 0 bridgehead atoms. The molecule has 0 saturated carbocycles. The van der Waals surface area contributed by atoms with Crippen molar-refractivity contribution in [2.45, 2.75) is 32.0 Å². The molecule has 114 valence electrons. The van der Waals surface area contributed by atoms with Crippen molar-refractivity contribution in [3.05, 3.63) is 29.7 Å². The lowest BCUT2D eigenvalue weighted by atomic mass is 9.92. The third-order valence-electron chi connectivity index (χ3n) is 2.88. The van der Waals surface area contributed by atoms with Gasteiger partial charge in [-0.25, -0.2) is 4.98 Å². The van der Waals surface area contributed by atoms with E-state index in [1.54, 1.807) is 0 Å². The van der Waals surface area contributed by atoms with Crippen LogP contribution in [0.4, 0.5) is 13.2 Å². The van der Waals surface area contributed by atoms with E-state index in [-0.39, 0.29) is 24.0 Å². The molecule has 2 N–H and O–H groups in total. The number of nitrogens with zero attached hydrogens (tertiary/aromatic N) is 3. The largest absolute Gasteiger partial charge is 0.401 e. The number of nitrogens with one attached hydrogen (secondary N) is 2. The highest BCUT2D eigenvalue weighted by atomic mass is 19.4. The molecule has 2 aromatic heterocycles. The first-order valence-corrected chi connectivity index (χ1v) is 5.89. The van der Waals surface area contributed by atoms with Crippen LogP contribution in [0, 0.1) is 0 Å². The maximum atomic E-state index is 12.8. The van der Waals surface area contributed by atoms with Gasteiger partial charge >= 0.3 is 6.18 Å². The first-order chi connectivity index (χ1) is 9.72. The zero-order valence-corrected chi connectivity index (χ0v) is 11.2. The number of halogens is 3. The molecule has 0 aromatic carbocycles. The van der Waals surface area contributed by atoms with Crippen molar-refractivity contribution in [3.63, 3.8) is 0 Å². The number of hydrogen-bond acceptors (Lipinski definition) is 5. The van der Waals surface area contributed by atoms with Gasteiger partial charge in [0.25, 0.3) is 5.91 Å². The molecule has 21 heavy (non-hydrogen) atoms. The van der Waals surface area contributed by atoms with Crippen molar-refractivity contribution in [2.75, 3.05) is 0 Å². The summed E-state index contributed by atoms with van der Waals surface area (Å²) < 4.78 is 43.2. The highest BCUT2D eigenvalue weighted by Gasteiger charge is 2.51. The van der Waals surface area contributed by atoms with Crippen LogP contribution in [0.2, 0.25) is 0 Å². The van der Waals surface area contributed by atoms with Crippen LogP contribution < -0.4 is 5.32 Å². The number of rotatable bonds is 4. The summed E-state index contributed by atoms with van der Waals surface area (Å²) in [5.41, 5.74) is -2.18. The molecule has 2 rings (SSSR count). The Bertz CT molecular complexity index is 618. The minimum absolute atomic E-state index is 0.00893. The van der Waals surface area contributed by atoms with E-state index >= 15 is 0 Å². The molecule has 0 aliphatic rings. The molecule has 1 amide bonds. The molecule has 0 fully saturated rings. The lowest BCUT2D eigenvalue weighted by Crippen LogP contribution is -2.37. The van der Waals surface area contributed by atoms with Crippen LogP contribution in [0.25, 0.3) is 0 Å². The van der Waals surface area contributed by atoms with Gasteiger partial charge in [-0.3, -0.25) is 9.89 Å². The zero-order valence-electron chi connectivity index (χ0n) is 11.2. The topological polar surface area (TPSA) is 96.7 Å². The fourth-order valence-electron chi connectivity index (χ4n) is 1.36. The number of aromatic nitrogens is 4. The van der Waals surface area contributed by atoms with E-state index in [1.165, 1.54) is 12.3 Å². The molecule has 0 radical (unpaired) electrons. The molecule has 10 heteroatoms. The lowest BCUT2D eigenvalue weighted by Gasteiger charge is -2.24. The van der Waals surface area contributed by atoms with E-state index in [4.69, 9.17) is 0 Å². The average Bonchev–Trinajstić information content (AvgIpc) is 3.06. The van der Waals surface area contributed by atoms with E-state index < -0.39 is 17.5 Å². The van der Waals surface area contributed by atoms with E-state index in [9.17, 15) is 18.0 Å². The molecule has 2 heterocycles. The van der Waals surface area contributed by atoms with Crippen molar-refractivity contribution in [1.29, 1.82) is 0 Å². The molecule has 0 unspecified atom stereocenters. The maximum Gasteiger partial charge on any atom is 0.401 e. The van der Waals surface area contributed by atoms with Gasteiger partial charge in [0.15, 0.2) is 5.82 Å². The van der Waals surface area contributed by atoms with Crippen LogP contribution in [0.5, 0.6) is 0 Å². The van der Waals surface area contributed by atoms with Gasteiger partial charge in [-0.2, -0.15) is 18.3 Å². The molecule has 2 aromatic rings. The van der Waals surface area contributed by atoms with Crippen molar-refractivity contribution in [2.24, 2.45) is 0 Å². The van der Waals surface area contributed by atoms with E-state index in [2.05, 4.69) is 30.2 Å². The average molecular weight is 303 g/mol. The number of amides is 1. The normalized spacial score (nSPS) is 12.4. The van der Waals surface area contributed by atoms with Gasteiger partial charge in [-0.15, -0.1) is 0 Å². The number of aromatic amines is 1. The summed E-state index contributed by atoms with van der Waals surface area (Å²) in [5, 5.41) is 11.7. The summed E-state index contributed by atoms with van der Waals surface area (Å²) in [4.78, 5) is 15.3. The van der Waals surface area contributed by atoms with E-state index in [0.29, 0.717) is 0 Å². The van der Waals surface area contributed by atoms with Crippen LogP contribution >= 0.6 is 0 Å². The lowest BCUT2D eigenvalue weighted by molar-refractivity contribution is -0.182. The second kappa shape index (κ2) is 5.19. The van der Waals surface area contributed by atoms with Gasteiger partial charge in [0, 0.05) is 6.07 Å². The van der Waals surface area contributed by atoms with E-state index in [0.717, 1.165) is 13.8 Å². The maximum absolute atomic E-state index is 12.8. The van der Waals surface area contributed by atoms with Gasteiger partial charge in [0.2, 0.25) is 5.76 Å². The SMILES string of the molecule is CC(C)(c1n[nH]c(CNC(=O)c2ccno2)n1)C(F)(F)F. The summed E-state index contributed by atoms with van der Waals surface area (Å²) in [6, 6.07) is 1.36. The molecule has 7 nitrogen and oxygen atoms in total. The van der Waals surface area contributed by atoms with Crippen molar-refractivity contribution in [3.8, 4) is 0 Å². The number of H-pyrrole nitrogens is 1. The third kappa shape index (κ3) is 3.03. The summed E-state index contributed by atoms with van der Waals surface area (Å²) in [7, 11) is 0. The van der Waals surface area contributed by atoms with Crippen molar-refractivity contribution >= 4 is 5.91 Å². The molecule has 0 aliphatic heterocycles. The van der Waals surface area contributed by atoms with Gasteiger partial charge in [0.1, 0.15) is 11.2 Å². The molecule has 0 atom stereocenters. The molecular weight excluding hydrogens is 291 g/mol. The quantitative estimate of drug-likeness (QED) is 0.893. The smallest absolute Gasteiger partial charge is 0.351 e. The fraction of sp³-hybridized carbons (Fsp3) is 0.455. The summed E-state index contributed by atoms with van der Waals surface area (Å²) in [5.74, 6) is -0.847. The molecule has 0 spiro atoms. The molecule has 0 saturated heterocycles. The standard InChI is InChI=1S/C11H12F3N5O2/c1-10(2,11(12,13)14)9-17-7(18-19-9)5-15-8(20)6-3-4-16-21-6/h3-4H,5H2,1-2H3,(H,15,20)(H,17,18,19). The Morgan fingerprint density at radius 3 is 2.71 bits per heavy atom. The number of carbonyl (C=O) groups excluding carboxylic acids is 1. The number of carbonyl (C=O) groups is 1. The summed E-state index contributed by atoms with van der Waals surface area (Å²) in [6.07, 6.45) is -3.18. The second-order valence-corrected chi connectivity index (χ2v) is 4.79. The Labute approximate surface area is 116 Å². The summed E-state index contributed by atoms with van der Waals surface area (Å²) >= 11 is 0.